The predicted molar refractivity (Wildman–Crippen MR) is 121 cm³/mol. The summed E-state index contributed by atoms with van der Waals surface area (Å²) in [6, 6.07) is 11.6. The number of rotatable bonds is 5. The van der Waals surface area contributed by atoms with Crippen molar-refractivity contribution in [3.05, 3.63) is 58.1 Å². The molecule has 1 aliphatic heterocycles. The topological polar surface area (TPSA) is 93.5 Å². The average Bonchev–Trinajstić information content (AvgIpc) is 2.73. The second-order valence-corrected chi connectivity index (χ2v) is 9.99. The standard InChI is InChI=1S/C22H25ClN4O3S/c1-15-4-7-21(16(2)12-15)31(29,30)27-10-8-26(9-11-27)17(3)22(28)25-19-6-5-18(14-24)20(23)13-19/h4-7,12-13,17H,8-11H2,1-3H3,(H,25,28). The van der Waals surface area contributed by atoms with Gasteiger partial charge in [0.1, 0.15) is 6.07 Å². The Bertz CT molecular complexity index is 1140. The lowest BCUT2D eigenvalue weighted by molar-refractivity contribution is -0.121. The lowest BCUT2D eigenvalue weighted by Crippen LogP contribution is -2.54. The first-order valence-electron chi connectivity index (χ1n) is 9.95. The van der Waals surface area contributed by atoms with E-state index in [2.05, 4.69) is 5.32 Å². The number of anilines is 1. The maximum Gasteiger partial charge on any atom is 0.243 e. The van der Waals surface area contributed by atoms with Crippen LogP contribution in [0.1, 0.15) is 23.6 Å². The third kappa shape index (κ3) is 5.08. The zero-order valence-electron chi connectivity index (χ0n) is 17.7. The molecule has 1 aliphatic rings. The highest BCUT2D eigenvalue weighted by Gasteiger charge is 2.32. The molecule has 1 amide bonds. The molecule has 0 bridgehead atoms. The number of hydrogen-bond acceptors (Lipinski definition) is 5. The molecule has 2 aromatic carbocycles. The van der Waals surface area contributed by atoms with Crippen LogP contribution in [-0.4, -0.2) is 55.8 Å². The first-order valence-corrected chi connectivity index (χ1v) is 11.8. The van der Waals surface area contributed by atoms with Crippen LogP contribution in [0.3, 0.4) is 0 Å². The van der Waals surface area contributed by atoms with E-state index in [0.29, 0.717) is 42.3 Å². The molecule has 0 spiro atoms. The van der Waals surface area contributed by atoms with Gasteiger partial charge in [0, 0.05) is 31.9 Å². The van der Waals surface area contributed by atoms with Crippen LogP contribution in [0.25, 0.3) is 0 Å². The van der Waals surface area contributed by atoms with E-state index in [1.807, 2.05) is 24.0 Å². The van der Waals surface area contributed by atoms with Gasteiger partial charge in [-0.1, -0.05) is 29.3 Å². The normalized spacial score (nSPS) is 16.5. The summed E-state index contributed by atoms with van der Waals surface area (Å²) >= 11 is 6.02. The van der Waals surface area contributed by atoms with Gasteiger partial charge >= 0.3 is 0 Å². The summed E-state index contributed by atoms with van der Waals surface area (Å²) in [7, 11) is -3.57. The van der Waals surface area contributed by atoms with Crippen molar-refractivity contribution in [2.75, 3.05) is 31.5 Å². The monoisotopic (exact) mass is 460 g/mol. The van der Waals surface area contributed by atoms with Crippen LogP contribution >= 0.6 is 11.6 Å². The Morgan fingerprint density at radius 1 is 1.13 bits per heavy atom. The highest BCUT2D eigenvalue weighted by Crippen LogP contribution is 2.23. The van der Waals surface area contributed by atoms with Crippen molar-refractivity contribution >= 4 is 33.2 Å². The third-order valence-electron chi connectivity index (χ3n) is 5.51. The summed E-state index contributed by atoms with van der Waals surface area (Å²) in [6.07, 6.45) is 0. The van der Waals surface area contributed by atoms with E-state index in [9.17, 15) is 13.2 Å². The van der Waals surface area contributed by atoms with E-state index >= 15 is 0 Å². The molecule has 3 rings (SSSR count). The van der Waals surface area contributed by atoms with Crippen molar-refractivity contribution < 1.29 is 13.2 Å². The molecule has 0 aromatic heterocycles. The third-order valence-corrected chi connectivity index (χ3v) is 7.88. The van der Waals surface area contributed by atoms with Crippen LogP contribution < -0.4 is 5.32 Å². The molecule has 164 valence electrons. The summed E-state index contributed by atoms with van der Waals surface area (Å²) in [5.41, 5.74) is 2.60. The molecule has 1 atom stereocenters. The average molecular weight is 461 g/mol. The number of carbonyl (C=O) groups excluding carboxylic acids is 1. The fourth-order valence-corrected chi connectivity index (χ4v) is 5.51. The van der Waals surface area contributed by atoms with Gasteiger partial charge in [0.05, 0.1) is 21.5 Å². The van der Waals surface area contributed by atoms with Crippen molar-refractivity contribution in [1.82, 2.24) is 9.21 Å². The SMILES string of the molecule is Cc1ccc(S(=O)(=O)N2CCN(C(C)C(=O)Nc3ccc(C#N)c(Cl)c3)CC2)c(C)c1. The molecule has 0 aliphatic carbocycles. The molecule has 31 heavy (non-hydrogen) atoms. The maximum atomic E-state index is 13.0. The molecule has 9 heteroatoms. The number of hydrogen-bond donors (Lipinski definition) is 1. The molecule has 1 fully saturated rings. The van der Waals surface area contributed by atoms with Gasteiger partial charge in [-0.2, -0.15) is 9.57 Å². The number of carbonyl (C=O) groups is 1. The van der Waals surface area contributed by atoms with E-state index in [1.54, 1.807) is 44.2 Å². The van der Waals surface area contributed by atoms with Crippen LogP contribution in [0.4, 0.5) is 5.69 Å². The lowest BCUT2D eigenvalue weighted by Gasteiger charge is -2.36. The molecular weight excluding hydrogens is 436 g/mol. The van der Waals surface area contributed by atoms with Crippen LogP contribution in [0.5, 0.6) is 0 Å². The Morgan fingerprint density at radius 3 is 2.39 bits per heavy atom. The molecular formula is C22H25ClN4O3S. The van der Waals surface area contributed by atoms with Gasteiger partial charge in [0.2, 0.25) is 15.9 Å². The number of nitriles is 1. The largest absolute Gasteiger partial charge is 0.325 e. The fraction of sp³-hybridized carbons (Fsp3) is 0.364. The maximum absolute atomic E-state index is 13.0. The van der Waals surface area contributed by atoms with Crippen molar-refractivity contribution in [2.45, 2.75) is 31.7 Å². The molecule has 1 N–H and O–H groups in total. The van der Waals surface area contributed by atoms with E-state index in [0.717, 1.165) is 11.1 Å². The molecule has 0 saturated carbocycles. The zero-order valence-corrected chi connectivity index (χ0v) is 19.3. The number of sulfonamides is 1. The first kappa shape index (κ1) is 23.2. The number of nitrogens with zero attached hydrogens (tertiary/aromatic N) is 3. The molecule has 1 saturated heterocycles. The number of amides is 1. The van der Waals surface area contributed by atoms with Crippen molar-refractivity contribution in [3.63, 3.8) is 0 Å². The minimum Gasteiger partial charge on any atom is -0.325 e. The minimum absolute atomic E-state index is 0.216. The second-order valence-electron chi connectivity index (χ2n) is 7.68. The molecule has 1 heterocycles. The second kappa shape index (κ2) is 9.37. The Kier molecular flexibility index (Phi) is 7.02. The molecule has 7 nitrogen and oxygen atoms in total. The van der Waals surface area contributed by atoms with Gasteiger partial charge in [-0.25, -0.2) is 8.42 Å². The number of piperazine rings is 1. The van der Waals surface area contributed by atoms with Gasteiger partial charge < -0.3 is 5.32 Å². The Labute approximate surface area is 188 Å². The summed E-state index contributed by atoms with van der Waals surface area (Å²) < 4.78 is 27.6. The molecule has 0 radical (unpaired) electrons. The fourth-order valence-electron chi connectivity index (χ4n) is 3.66. The van der Waals surface area contributed by atoms with E-state index in [4.69, 9.17) is 16.9 Å². The summed E-state index contributed by atoms with van der Waals surface area (Å²) in [4.78, 5) is 14.9. The Balaban J connectivity index is 1.62. The number of halogens is 1. The van der Waals surface area contributed by atoms with Crippen molar-refractivity contribution in [1.29, 1.82) is 5.26 Å². The Morgan fingerprint density at radius 2 is 1.81 bits per heavy atom. The van der Waals surface area contributed by atoms with Gasteiger partial charge in [0.15, 0.2) is 0 Å². The minimum atomic E-state index is -3.57. The van der Waals surface area contributed by atoms with Gasteiger partial charge in [-0.15, -0.1) is 0 Å². The van der Waals surface area contributed by atoms with Crippen LogP contribution in [0, 0.1) is 25.2 Å². The first-order chi connectivity index (χ1) is 14.6. The Hall–Kier alpha value is -2.44. The van der Waals surface area contributed by atoms with Crippen molar-refractivity contribution in [3.8, 4) is 6.07 Å². The van der Waals surface area contributed by atoms with E-state index in [-0.39, 0.29) is 10.9 Å². The number of nitrogens with one attached hydrogen (secondary N) is 1. The van der Waals surface area contributed by atoms with E-state index in [1.165, 1.54) is 4.31 Å². The smallest absolute Gasteiger partial charge is 0.243 e. The number of aryl methyl sites for hydroxylation is 2. The van der Waals surface area contributed by atoms with E-state index < -0.39 is 16.1 Å². The van der Waals surface area contributed by atoms with Crippen molar-refractivity contribution in [2.24, 2.45) is 0 Å². The van der Waals surface area contributed by atoms with Crippen LogP contribution in [0.2, 0.25) is 5.02 Å². The predicted octanol–water partition coefficient (Wildman–Crippen LogP) is 3.16. The zero-order chi connectivity index (χ0) is 22.8. The summed E-state index contributed by atoms with van der Waals surface area (Å²) in [6.45, 7) is 7.05. The molecule has 2 aromatic rings. The lowest BCUT2D eigenvalue weighted by atomic mass is 10.2. The van der Waals surface area contributed by atoms with Crippen LogP contribution in [-0.2, 0) is 14.8 Å². The van der Waals surface area contributed by atoms with Gasteiger partial charge in [-0.05, 0) is 50.6 Å². The summed E-state index contributed by atoms with van der Waals surface area (Å²) in [5.74, 6) is -0.216. The van der Waals surface area contributed by atoms with Gasteiger partial charge in [-0.3, -0.25) is 9.69 Å². The van der Waals surface area contributed by atoms with Crippen LogP contribution in [0.15, 0.2) is 41.3 Å². The molecule has 1 unspecified atom stereocenters. The quantitative estimate of drug-likeness (QED) is 0.739. The van der Waals surface area contributed by atoms with Gasteiger partial charge in [0.25, 0.3) is 0 Å². The highest BCUT2D eigenvalue weighted by atomic mass is 35.5. The highest BCUT2D eigenvalue weighted by molar-refractivity contribution is 7.89. The summed E-state index contributed by atoms with van der Waals surface area (Å²) in [5, 5.41) is 12.0. The number of benzene rings is 2.